The van der Waals surface area contributed by atoms with E-state index in [2.05, 4.69) is 51.1 Å². The van der Waals surface area contributed by atoms with Crippen molar-refractivity contribution in [2.24, 2.45) is 0 Å². The van der Waals surface area contributed by atoms with Gasteiger partial charge in [0.05, 0.1) is 23.3 Å². The fourth-order valence-electron chi connectivity index (χ4n) is 3.71. The summed E-state index contributed by atoms with van der Waals surface area (Å²) in [5.74, 6) is 1.55. The predicted octanol–water partition coefficient (Wildman–Crippen LogP) is 0.670. The van der Waals surface area contributed by atoms with E-state index in [0.717, 1.165) is 61.9 Å². The highest BCUT2D eigenvalue weighted by atomic mass is 16.1. The zero-order valence-electron chi connectivity index (χ0n) is 15.7. The van der Waals surface area contributed by atoms with Crippen molar-refractivity contribution in [3.63, 3.8) is 0 Å². The summed E-state index contributed by atoms with van der Waals surface area (Å²) in [7, 11) is 0. The smallest absolute Gasteiger partial charge is 0.257 e. The second kappa shape index (κ2) is 6.46. The lowest BCUT2D eigenvalue weighted by molar-refractivity contribution is 0.220. The number of rotatable bonds is 3. The Kier molecular flexibility index (Phi) is 4.26. The zero-order chi connectivity index (χ0) is 18.3. The molecule has 2 aromatic heterocycles. The fraction of sp³-hybridized carbons (Fsp3) is 0.706. The molecule has 0 radical (unpaired) electrons. The predicted molar refractivity (Wildman–Crippen MR) is 96.9 cm³/mol. The Hall–Kier alpha value is -2.29. The maximum atomic E-state index is 12.6. The topological polar surface area (TPSA) is 95.8 Å². The second-order valence-electron chi connectivity index (χ2n) is 8.15. The number of hydrogen-bond donors (Lipinski definition) is 1. The summed E-state index contributed by atoms with van der Waals surface area (Å²) in [4.78, 5) is 24.7. The van der Waals surface area contributed by atoms with Gasteiger partial charge in [0, 0.05) is 32.6 Å². The van der Waals surface area contributed by atoms with E-state index in [1.165, 1.54) is 0 Å². The quantitative estimate of drug-likeness (QED) is 0.861. The van der Waals surface area contributed by atoms with Gasteiger partial charge in [0.15, 0.2) is 5.82 Å². The number of aromatic nitrogens is 6. The minimum Gasteiger partial charge on any atom is -0.342 e. The second-order valence-corrected chi connectivity index (χ2v) is 8.15. The Labute approximate surface area is 152 Å². The van der Waals surface area contributed by atoms with Crippen molar-refractivity contribution in [1.29, 1.82) is 0 Å². The molecule has 0 aliphatic carbocycles. The van der Waals surface area contributed by atoms with E-state index in [0.29, 0.717) is 13.1 Å². The summed E-state index contributed by atoms with van der Waals surface area (Å²) in [5, 5.41) is 12.1. The molecule has 4 heterocycles. The molecule has 26 heavy (non-hydrogen) atoms. The number of anilines is 1. The maximum Gasteiger partial charge on any atom is 0.257 e. The molecule has 9 nitrogen and oxygen atoms in total. The zero-order valence-corrected chi connectivity index (χ0v) is 15.7. The molecule has 2 aliphatic rings. The lowest BCUT2D eigenvalue weighted by Crippen LogP contribution is -2.38. The summed E-state index contributed by atoms with van der Waals surface area (Å²) in [6, 6.07) is 0. The first-order chi connectivity index (χ1) is 12.4. The standard InChI is InChI=1S/C17H26N8O/c1-17(2,3)25-14(20-21-22-25)11-23-9-6-13-12(10-23)15(26)19-16(18-13)24-7-4-5-8-24/h4-11H2,1-3H3,(H,18,19,26). The minimum atomic E-state index is -0.170. The van der Waals surface area contributed by atoms with Crippen LogP contribution in [-0.4, -0.2) is 54.7 Å². The van der Waals surface area contributed by atoms with E-state index in [1.54, 1.807) is 0 Å². The van der Waals surface area contributed by atoms with E-state index in [-0.39, 0.29) is 11.1 Å². The van der Waals surface area contributed by atoms with Crippen LogP contribution in [0.25, 0.3) is 0 Å². The Balaban J connectivity index is 1.53. The van der Waals surface area contributed by atoms with E-state index in [1.807, 2.05) is 4.68 Å². The highest BCUT2D eigenvalue weighted by Crippen LogP contribution is 2.21. The van der Waals surface area contributed by atoms with Crippen molar-refractivity contribution in [1.82, 2.24) is 35.1 Å². The SMILES string of the molecule is CC(C)(C)n1nnnc1CN1CCc2nc(N3CCCC3)[nH]c(=O)c2C1. The van der Waals surface area contributed by atoms with Crippen LogP contribution >= 0.6 is 0 Å². The van der Waals surface area contributed by atoms with Crippen LogP contribution in [0.2, 0.25) is 0 Å². The van der Waals surface area contributed by atoms with Crippen molar-refractivity contribution in [3.05, 3.63) is 27.4 Å². The molecule has 0 spiro atoms. The highest BCUT2D eigenvalue weighted by molar-refractivity contribution is 5.35. The number of hydrogen-bond acceptors (Lipinski definition) is 7. The van der Waals surface area contributed by atoms with Gasteiger partial charge in [0.25, 0.3) is 5.56 Å². The van der Waals surface area contributed by atoms with Gasteiger partial charge in [-0.3, -0.25) is 14.7 Å². The number of aromatic amines is 1. The Morgan fingerprint density at radius 1 is 1.15 bits per heavy atom. The fourth-order valence-corrected chi connectivity index (χ4v) is 3.71. The highest BCUT2D eigenvalue weighted by Gasteiger charge is 2.26. The van der Waals surface area contributed by atoms with Gasteiger partial charge in [0.2, 0.25) is 5.95 Å². The maximum absolute atomic E-state index is 12.6. The third-order valence-corrected chi connectivity index (χ3v) is 5.08. The summed E-state index contributed by atoms with van der Waals surface area (Å²) in [5.41, 5.74) is 1.52. The lowest BCUT2D eigenvalue weighted by Gasteiger charge is -2.29. The molecule has 9 heteroatoms. The average Bonchev–Trinajstić information content (AvgIpc) is 3.26. The number of tetrazole rings is 1. The molecule has 1 saturated heterocycles. The Morgan fingerprint density at radius 2 is 1.92 bits per heavy atom. The van der Waals surface area contributed by atoms with Crippen molar-refractivity contribution < 1.29 is 0 Å². The summed E-state index contributed by atoms with van der Waals surface area (Å²) >= 11 is 0. The molecule has 140 valence electrons. The summed E-state index contributed by atoms with van der Waals surface area (Å²) < 4.78 is 1.85. The van der Waals surface area contributed by atoms with Crippen LogP contribution in [0.3, 0.4) is 0 Å². The molecule has 1 fully saturated rings. The monoisotopic (exact) mass is 358 g/mol. The number of nitrogens with zero attached hydrogens (tertiary/aromatic N) is 7. The van der Waals surface area contributed by atoms with Gasteiger partial charge in [-0.15, -0.1) is 5.10 Å². The molecule has 0 atom stereocenters. The van der Waals surface area contributed by atoms with Crippen molar-refractivity contribution >= 4 is 5.95 Å². The molecule has 0 aromatic carbocycles. The van der Waals surface area contributed by atoms with Crippen LogP contribution in [0, 0.1) is 0 Å². The Morgan fingerprint density at radius 3 is 2.65 bits per heavy atom. The number of fused-ring (bicyclic) bond motifs is 1. The first-order valence-electron chi connectivity index (χ1n) is 9.29. The summed E-state index contributed by atoms with van der Waals surface area (Å²) in [6.07, 6.45) is 3.10. The van der Waals surface area contributed by atoms with Crippen LogP contribution in [0.1, 0.15) is 50.7 Å². The third-order valence-electron chi connectivity index (χ3n) is 5.08. The minimum absolute atomic E-state index is 0.0167. The normalized spacial score (nSPS) is 18.3. The van der Waals surface area contributed by atoms with Gasteiger partial charge in [-0.1, -0.05) is 0 Å². The van der Waals surface area contributed by atoms with Crippen LogP contribution in [0.5, 0.6) is 0 Å². The number of nitrogens with one attached hydrogen (secondary N) is 1. The molecule has 0 unspecified atom stereocenters. The van der Waals surface area contributed by atoms with Crippen LogP contribution in [0.15, 0.2) is 4.79 Å². The van der Waals surface area contributed by atoms with Crippen LogP contribution in [-0.2, 0) is 25.0 Å². The first-order valence-corrected chi connectivity index (χ1v) is 9.29. The van der Waals surface area contributed by atoms with Gasteiger partial charge in [-0.2, -0.15) is 0 Å². The molecular formula is C17H26N8O. The molecule has 4 rings (SSSR count). The van der Waals surface area contributed by atoms with E-state index in [9.17, 15) is 4.79 Å². The van der Waals surface area contributed by atoms with Gasteiger partial charge in [0.1, 0.15) is 0 Å². The number of H-pyrrole nitrogens is 1. The largest absolute Gasteiger partial charge is 0.342 e. The Bertz CT molecular complexity index is 843. The average molecular weight is 358 g/mol. The molecule has 2 aliphatic heterocycles. The molecule has 2 aromatic rings. The van der Waals surface area contributed by atoms with Crippen LogP contribution in [0.4, 0.5) is 5.95 Å². The molecule has 0 amide bonds. The van der Waals surface area contributed by atoms with Crippen LogP contribution < -0.4 is 10.5 Å². The molecular weight excluding hydrogens is 332 g/mol. The first kappa shape index (κ1) is 17.1. The van der Waals surface area contributed by atoms with E-state index >= 15 is 0 Å². The third kappa shape index (κ3) is 3.23. The lowest BCUT2D eigenvalue weighted by atomic mass is 10.1. The summed E-state index contributed by atoms with van der Waals surface area (Å²) in [6.45, 7) is 10.2. The van der Waals surface area contributed by atoms with Gasteiger partial charge >= 0.3 is 0 Å². The van der Waals surface area contributed by atoms with Gasteiger partial charge in [-0.25, -0.2) is 9.67 Å². The van der Waals surface area contributed by atoms with Crippen molar-refractivity contribution in [2.75, 3.05) is 24.5 Å². The van der Waals surface area contributed by atoms with Gasteiger partial charge in [-0.05, 0) is 44.0 Å². The van der Waals surface area contributed by atoms with E-state index in [4.69, 9.17) is 4.98 Å². The van der Waals surface area contributed by atoms with Crippen molar-refractivity contribution in [2.45, 2.75) is 58.7 Å². The van der Waals surface area contributed by atoms with Crippen molar-refractivity contribution in [3.8, 4) is 0 Å². The van der Waals surface area contributed by atoms with E-state index < -0.39 is 0 Å². The van der Waals surface area contributed by atoms with Gasteiger partial charge < -0.3 is 4.90 Å². The molecule has 1 N–H and O–H groups in total. The molecule has 0 bridgehead atoms. The molecule has 0 saturated carbocycles.